The minimum Gasteiger partial charge on any atom is -0.321 e. The molecule has 0 aliphatic carbocycles. The van der Waals surface area contributed by atoms with E-state index in [0.29, 0.717) is 0 Å². The molecule has 1 N–H and O–H groups in total. The molecule has 0 aliphatic rings. The number of carbonyl (C=O) groups is 1. The normalized spacial score (nSPS) is 10.3. The van der Waals surface area contributed by atoms with E-state index >= 15 is 0 Å². The second kappa shape index (κ2) is 4.40. The van der Waals surface area contributed by atoms with Crippen LogP contribution in [0, 0.1) is 6.92 Å². The first kappa shape index (κ1) is 9.45. The van der Waals surface area contributed by atoms with E-state index in [2.05, 4.69) is 10.3 Å². The quantitative estimate of drug-likeness (QED) is 0.699. The summed E-state index contributed by atoms with van der Waals surface area (Å²) in [6.07, 6.45) is 4.87. The van der Waals surface area contributed by atoms with Gasteiger partial charge in [-0.05, 0) is 32.1 Å². The van der Waals surface area contributed by atoms with Crippen LogP contribution in [0.4, 0.5) is 5.69 Å². The Morgan fingerprint density at radius 1 is 1.62 bits per heavy atom. The van der Waals surface area contributed by atoms with E-state index in [-0.39, 0.29) is 5.91 Å². The molecular formula is C10H12N2O. The van der Waals surface area contributed by atoms with Crippen LogP contribution in [0.2, 0.25) is 0 Å². The molecular weight excluding hydrogens is 164 g/mol. The fraction of sp³-hybridized carbons (Fsp3) is 0.200. The van der Waals surface area contributed by atoms with Crippen molar-refractivity contribution in [1.82, 2.24) is 4.98 Å². The number of pyridine rings is 1. The van der Waals surface area contributed by atoms with Crippen molar-refractivity contribution < 1.29 is 4.79 Å². The smallest absolute Gasteiger partial charge is 0.248 e. The van der Waals surface area contributed by atoms with Gasteiger partial charge in [-0.15, -0.1) is 0 Å². The maximum Gasteiger partial charge on any atom is 0.248 e. The van der Waals surface area contributed by atoms with Gasteiger partial charge in [-0.3, -0.25) is 9.78 Å². The highest BCUT2D eigenvalue weighted by Crippen LogP contribution is 2.09. The van der Waals surface area contributed by atoms with Crippen LogP contribution in [0.3, 0.4) is 0 Å². The molecule has 1 amide bonds. The number of nitrogens with zero attached hydrogens (tertiary/aromatic N) is 1. The third-order valence-electron chi connectivity index (χ3n) is 1.58. The monoisotopic (exact) mass is 176 g/mol. The third-order valence-corrected chi connectivity index (χ3v) is 1.58. The summed E-state index contributed by atoms with van der Waals surface area (Å²) in [6, 6.07) is 3.61. The van der Waals surface area contributed by atoms with Gasteiger partial charge in [0.05, 0.1) is 11.4 Å². The van der Waals surface area contributed by atoms with Gasteiger partial charge in [0, 0.05) is 6.20 Å². The molecule has 0 aromatic carbocycles. The number of rotatable bonds is 2. The van der Waals surface area contributed by atoms with Crippen LogP contribution in [-0.2, 0) is 4.79 Å². The first-order chi connectivity index (χ1) is 6.24. The van der Waals surface area contributed by atoms with E-state index in [1.807, 2.05) is 13.0 Å². The number of allylic oxidation sites excluding steroid dienone is 1. The summed E-state index contributed by atoms with van der Waals surface area (Å²) in [6.45, 7) is 3.65. The Kier molecular flexibility index (Phi) is 3.20. The average Bonchev–Trinajstić information content (AvgIpc) is 2.09. The van der Waals surface area contributed by atoms with E-state index in [1.165, 1.54) is 6.08 Å². The average molecular weight is 176 g/mol. The molecule has 1 aromatic heterocycles. The van der Waals surface area contributed by atoms with Crippen LogP contribution in [0.25, 0.3) is 0 Å². The lowest BCUT2D eigenvalue weighted by Crippen LogP contribution is -2.09. The van der Waals surface area contributed by atoms with Gasteiger partial charge in [-0.1, -0.05) is 6.08 Å². The van der Waals surface area contributed by atoms with Gasteiger partial charge in [-0.2, -0.15) is 0 Å². The van der Waals surface area contributed by atoms with Crippen molar-refractivity contribution in [3.8, 4) is 0 Å². The zero-order valence-electron chi connectivity index (χ0n) is 7.74. The highest BCUT2D eigenvalue weighted by Gasteiger charge is 1.99. The van der Waals surface area contributed by atoms with Crippen LogP contribution in [-0.4, -0.2) is 10.9 Å². The predicted molar refractivity (Wildman–Crippen MR) is 52.4 cm³/mol. The van der Waals surface area contributed by atoms with Gasteiger partial charge in [0.15, 0.2) is 0 Å². The second-order valence-corrected chi connectivity index (χ2v) is 2.63. The van der Waals surface area contributed by atoms with E-state index in [0.717, 1.165) is 11.4 Å². The Balaban J connectivity index is 2.74. The lowest BCUT2D eigenvalue weighted by atomic mass is 10.3. The molecule has 13 heavy (non-hydrogen) atoms. The highest BCUT2D eigenvalue weighted by molar-refractivity contribution is 5.99. The molecule has 0 atom stereocenters. The first-order valence-corrected chi connectivity index (χ1v) is 4.09. The summed E-state index contributed by atoms with van der Waals surface area (Å²) in [5.74, 6) is -0.126. The predicted octanol–water partition coefficient (Wildman–Crippen LogP) is 1.90. The van der Waals surface area contributed by atoms with Crippen molar-refractivity contribution in [2.24, 2.45) is 0 Å². The molecule has 3 nitrogen and oxygen atoms in total. The zero-order valence-corrected chi connectivity index (χ0v) is 7.74. The largest absolute Gasteiger partial charge is 0.321 e. The fourth-order valence-electron chi connectivity index (χ4n) is 0.942. The minimum absolute atomic E-state index is 0.126. The maximum absolute atomic E-state index is 11.1. The van der Waals surface area contributed by atoms with E-state index in [9.17, 15) is 4.79 Å². The Hall–Kier alpha value is -1.64. The molecule has 1 heterocycles. The van der Waals surface area contributed by atoms with Crippen LogP contribution < -0.4 is 5.32 Å². The zero-order chi connectivity index (χ0) is 9.68. The number of hydrogen-bond donors (Lipinski definition) is 1. The van der Waals surface area contributed by atoms with Crippen LogP contribution >= 0.6 is 0 Å². The summed E-state index contributed by atoms with van der Waals surface area (Å²) < 4.78 is 0. The number of aryl methyl sites for hydroxylation is 1. The van der Waals surface area contributed by atoms with Crippen molar-refractivity contribution in [3.63, 3.8) is 0 Å². The van der Waals surface area contributed by atoms with Crippen molar-refractivity contribution in [1.29, 1.82) is 0 Å². The molecule has 0 unspecified atom stereocenters. The Morgan fingerprint density at radius 2 is 2.38 bits per heavy atom. The number of carbonyl (C=O) groups excluding carboxylic acids is 1. The van der Waals surface area contributed by atoms with Gasteiger partial charge in [0.25, 0.3) is 0 Å². The Bertz CT molecular complexity index is 331. The molecule has 68 valence electrons. The molecule has 1 rings (SSSR count). The molecule has 0 bridgehead atoms. The van der Waals surface area contributed by atoms with Crippen LogP contribution in [0.5, 0.6) is 0 Å². The lowest BCUT2D eigenvalue weighted by molar-refractivity contribution is -0.111. The summed E-state index contributed by atoms with van der Waals surface area (Å²) in [5.41, 5.74) is 1.57. The molecule has 0 aliphatic heterocycles. The summed E-state index contributed by atoms with van der Waals surface area (Å²) in [7, 11) is 0. The molecule has 0 spiro atoms. The van der Waals surface area contributed by atoms with Crippen molar-refractivity contribution in [2.45, 2.75) is 13.8 Å². The number of anilines is 1. The van der Waals surface area contributed by atoms with Gasteiger partial charge in [-0.25, -0.2) is 0 Å². The maximum atomic E-state index is 11.1. The summed E-state index contributed by atoms with van der Waals surface area (Å²) in [4.78, 5) is 15.2. The highest BCUT2D eigenvalue weighted by atomic mass is 16.1. The lowest BCUT2D eigenvalue weighted by Gasteiger charge is -2.03. The van der Waals surface area contributed by atoms with Crippen LogP contribution in [0.1, 0.15) is 12.6 Å². The van der Waals surface area contributed by atoms with Crippen molar-refractivity contribution in [2.75, 3.05) is 5.32 Å². The molecule has 0 saturated heterocycles. The van der Waals surface area contributed by atoms with Gasteiger partial charge >= 0.3 is 0 Å². The standard InChI is InChI=1S/C10H12N2O/c1-3-5-10(13)12-9-6-4-7-11-8(9)2/h3-7H,1-2H3,(H,12,13). The second-order valence-electron chi connectivity index (χ2n) is 2.63. The van der Waals surface area contributed by atoms with Gasteiger partial charge in [0.1, 0.15) is 0 Å². The number of nitrogens with one attached hydrogen (secondary N) is 1. The van der Waals surface area contributed by atoms with Crippen molar-refractivity contribution in [3.05, 3.63) is 36.2 Å². The minimum atomic E-state index is -0.126. The number of hydrogen-bond acceptors (Lipinski definition) is 2. The van der Waals surface area contributed by atoms with Gasteiger partial charge in [0.2, 0.25) is 5.91 Å². The van der Waals surface area contributed by atoms with E-state index < -0.39 is 0 Å². The SMILES string of the molecule is CC=CC(=O)Nc1cccnc1C. The molecule has 0 saturated carbocycles. The molecule has 0 radical (unpaired) electrons. The van der Waals surface area contributed by atoms with Crippen molar-refractivity contribution >= 4 is 11.6 Å². The topological polar surface area (TPSA) is 42.0 Å². The first-order valence-electron chi connectivity index (χ1n) is 4.09. The van der Waals surface area contributed by atoms with Gasteiger partial charge < -0.3 is 5.32 Å². The van der Waals surface area contributed by atoms with Crippen LogP contribution in [0.15, 0.2) is 30.5 Å². The fourth-order valence-corrected chi connectivity index (χ4v) is 0.942. The molecule has 3 heteroatoms. The number of aromatic nitrogens is 1. The number of amides is 1. The summed E-state index contributed by atoms with van der Waals surface area (Å²) >= 11 is 0. The Morgan fingerprint density at radius 3 is 3.00 bits per heavy atom. The Labute approximate surface area is 77.5 Å². The third kappa shape index (κ3) is 2.71. The summed E-state index contributed by atoms with van der Waals surface area (Å²) in [5, 5.41) is 2.72. The van der Waals surface area contributed by atoms with E-state index in [1.54, 1.807) is 25.3 Å². The molecule has 0 fully saturated rings. The molecule has 1 aromatic rings. The van der Waals surface area contributed by atoms with E-state index in [4.69, 9.17) is 0 Å².